The van der Waals surface area contributed by atoms with Crippen molar-refractivity contribution >= 4 is 5.96 Å². The van der Waals surface area contributed by atoms with Gasteiger partial charge in [-0.05, 0) is 24.3 Å². The molecule has 0 amide bonds. The summed E-state index contributed by atoms with van der Waals surface area (Å²) < 4.78 is 6.99. The van der Waals surface area contributed by atoms with E-state index in [1.54, 1.807) is 30.3 Å². The summed E-state index contributed by atoms with van der Waals surface area (Å²) in [6, 6.07) is 7.39. The van der Waals surface area contributed by atoms with Crippen molar-refractivity contribution in [1.82, 2.24) is 15.1 Å². The minimum atomic E-state index is -1.05. The predicted octanol–water partition coefficient (Wildman–Crippen LogP) is 0.424. The van der Waals surface area contributed by atoms with Crippen LogP contribution in [0.25, 0.3) is 5.69 Å². The molecule has 1 aromatic heterocycles. The van der Waals surface area contributed by atoms with Gasteiger partial charge in [-0.2, -0.15) is 5.10 Å². The summed E-state index contributed by atoms with van der Waals surface area (Å²) in [4.78, 5) is 4.30. The Morgan fingerprint density at radius 3 is 2.90 bits per heavy atom. The van der Waals surface area contributed by atoms with Gasteiger partial charge < -0.3 is 15.8 Å². The van der Waals surface area contributed by atoms with Gasteiger partial charge in [-0.15, -0.1) is 0 Å². The van der Waals surface area contributed by atoms with Crippen LogP contribution in [0.15, 0.2) is 53.9 Å². The van der Waals surface area contributed by atoms with E-state index in [1.807, 2.05) is 30.5 Å². The third-order valence-electron chi connectivity index (χ3n) is 3.26. The van der Waals surface area contributed by atoms with Crippen LogP contribution in [0.4, 0.5) is 0 Å². The van der Waals surface area contributed by atoms with Gasteiger partial charge in [0.2, 0.25) is 0 Å². The van der Waals surface area contributed by atoms with E-state index in [4.69, 9.17) is 16.2 Å². The van der Waals surface area contributed by atoms with Crippen molar-refractivity contribution in [3.63, 3.8) is 0 Å². The third-order valence-corrected chi connectivity index (χ3v) is 3.26. The molecule has 3 rings (SSSR count). The highest BCUT2D eigenvalue weighted by molar-refractivity contribution is 5.80. The average Bonchev–Trinajstić information content (AvgIpc) is 3.00. The van der Waals surface area contributed by atoms with E-state index in [9.17, 15) is 0 Å². The fourth-order valence-corrected chi connectivity index (χ4v) is 2.25. The lowest BCUT2D eigenvalue weighted by Gasteiger charge is -2.27. The normalized spacial score (nSPS) is 20.8. The molecule has 1 aliphatic heterocycles. The molecule has 0 radical (unpaired) electrons. The Bertz CT molecular complexity index is 706. The van der Waals surface area contributed by atoms with Gasteiger partial charge in [0.1, 0.15) is 5.75 Å². The fourth-order valence-electron chi connectivity index (χ4n) is 2.25. The molecule has 0 saturated heterocycles. The second kappa shape index (κ2) is 4.95. The Morgan fingerprint density at radius 1 is 1.38 bits per heavy atom. The lowest BCUT2D eigenvalue weighted by atomic mass is 9.97. The molecule has 7 heteroatoms. The number of guanidine groups is 1. The van der Waals surface area contributed by atoms with Crippen molar-refractivity contribution in [1.29, 1.82) is 0 Å². The lowest BCUT2D eigenvalue weighted by molar-refractivity contribution is 0.413. The monoisotopic (exact) mass is 284 g/mol. The molecule has 7 nitrogen and oxygen atoms in total. The topological polar surface area (TPSA) is 103 Å². The van der Waals surface area contributed by atoms with Gasteiger partial charge in [-0.25, -0.2) is 9.67 Å². The Hall–Kier alpha value is -2.80. The SMILES string of the molecule is COc1ccc(C2(N)C=CNC(N)=N2)c(-n2cccn2)c1. The molecule has 1 aromatic carbocycles. The van der Waals surface area contributed by atoms with Gasteiger partial charge in [-0.3, -0.25) is 5.73 Å². The summed E-state index contributed by atoms with van der Waals surface area (Å²) >= 11 is 0. The van der Waals surface area contributed by atoms with Gasteiger partial charge in [0.15, 0.2) is 11.6 Å². The molecule has 0 bridgehead atoms. The minimum Gasteiger partial charge on any atom is -0.497 e. The van der Waals surface area contributed by atoms with Gasteiger partial charge in [0.05, 0.1) is 12.8 Å². The first kappa shape index (κ1) is 13.2. The standard InChI is InChI=1S/C14H16N6O/c1-21-10-3-4-11(12(9-10)20-8-2-6-18-20)14(16)5-7-17-13(15)19-14/h2-9H,16H2,1H3,(H3,15,17,19). The van der Waals surface area contributed by atoms with E-state index < -0.39 is 5.66 Å². The molecule has 0 spiro atoms. The van der Waals surface area contributed by atoms with E-state index in [2.05, 4.69) is 15.4 Å². The minimum absolute atomic E-state index is 0.266. The van der Waals surface area contributed by atoms with Crippen LogP contribution in [-0.2, 0) is 5.66 Å². The number of aliphatic imine (C=N–C) groups is 1. The first-order chi connectivity index (χ1) is 10.1. The molecule has 108 valence electrons. The summed E-state index contributed by atoms with van der Waals surface area (Å²) in [6.07, 6.45) is 6.96. The smallest absolute Gasteiger partial charge is 0.195 e. The molecule has 1 aliphatic rings. The summed E-state index contributed by atoms with van der Waals surface area (Å²) in [6.45, 7) is 0. The van der Waals surface area contributed by atoms with Crippen molar-refractivity contribution in [2.45, 2.75) is 5.66 Å². The highest BCUT2D eigenvalue weighted by Crippen LogP contribution is 2.31. The summed E-state index contributed by atoms with van der Waals surface area (Å²) in [5.74, 6) is 0.977. The van der Waals surface area contributed by atoms with E-state index >= 15 is 0 Å². The molecule has 21 heavy (non-hydrogen) atoms. The maximum Gasteiger partial charge on any atom is 0.195 e. The van der Waals surface area contributed by atoms with Crippen LogP contribution in [0.3, 0.4) is 0 Å². The number of nitrogens with two attached hydrogens (primary N) is 2. The van der Waals surface area contributed by atoms with Crippen molar-refractivity contribution < 1.29 is 4.74 Å². The number of aromatic nitrogens is 2. The second-order valence-corrected chi connectivity index (χ2v) is 4.63. The van der Waals surface area contributed by atoms with Crippen molar-refractivity contribution in [2.75, 3.05) is 7.11 Å². The van der Waals surface area contributed by atoms with Crippen molar-refractivity contribution in [2.24, 2.45) is 16.5 Å². The molecular formula is C14H16N6O. The maximum absolute atomic E-state index is 6.39. The van der Waals surface area contributed by atoms with Crippen LogP contribution in [0.5, 0.6) is 5.75 Å². The maximum atomic E-state index is 6.39. The molecule has 1 unspecified atom stereocenters. The third kappa shape index (κ3) is 2.34. The lowest BCUT2D eigenvalue weighted by Crippen LogP contribution is -2.42. The number of rotatable bonds is 3. The number of hydrogen-bond acceptors (Lipinski definition) is 6. The fraction of sp³-hybridized carbons (Fsp3) is 0.143. The van der Waals surface area contributed by atoms with Gasteiger partial charge in [0, 0.05) is 30.2 Å². The predicted molar refractivity (Wildman–Crippen MR) is 79.9 cm³/mol. The number of benzene rings is 1. The van der Waals surface area contributed by atoms with Crippen LogP contribution in [0.1, 0.15) is 5.56 Å². The first-order valence-corrected chi connectivity index (χ1v) is 6.39. The average molecular weight is 284 g/mol. The summed E-state index contributed by atoms with van der Waals surface area (Å²) in [7, 11) is 1.61. The highest BCUT2D eigenvalue weighted by Gasteiger charge is 2.29. The zero-order valence-electron chi connectivity index (χ0n) is 11.5. The molecule has 0 aliphatic carbocycles. The van der Waals surface area contributed by atoms with Crippen LogP contribution in [0, 0.1) is 0 Å². The number of methoxy groups -OCH3 is 1. The number of nitrogens with zero attached hydrogens (tertiary/aromatic N) is 3. The highest BCUT2D eigenvalue weighted by atomic mass is 16.5. The van der Waals surface area contributed by atoms with E-state index in [1.165, 1.54) is 0 Å². The number of hydrogen-bond donors (Lipinski definition) is 3. The molecule has 0 saturated carbocycles. The summed E-state index contributed by atoms with van der Waals surface area (Å²) in [5, 5.41) is 7.06. The quantitative estimate of drug-likeness (QED) is 0.758. The molecule has 2 heterocycles. The molecular weight excluding hydrogens is 268 g/mol. The Kier molecular flexibility index (Phi) is 3.11. The zero-order valence-corrected chi connectivity index (χ0v) is 11.5. The van der Waals surface area contributed by atoms with Crippen LogP contribution in [-0.4, -0.2) is 22.8 Å². The largest absolute Gasteiger partial charge is 0.497 e. The van der Waals surface area contributed by atoms with Crippen LogP contribution in [0.2, 0.25) is 0 Å². The van der Waals surface area contributed by atoms with Gasteiger partial charge >= 0.3 is 0 Å². The van der Waals surface area contributed by atoms with Crippen molar-refractivity contribution in [3.05, 3.63) is 54.5 Å². The zero-order chi connectivity index (χ0) is 14.9. The molecule has 5 N–H and O–H groups in total. The van der Waals surface area contributed by atoms with Gasteiger partial charge in [0.25, 0.3) is 0 Å². The molecule has 1 atom stereocenters. The molecule has 0 fully saturated rings. The van der Waals surface area contributed by atoms with E-state index in [-0.39, 0.29) is 5.96 Å². The van der Waals surface area contributed by atoms with Crippen molar-refractivity contribution in [3.8, 4) is 11.4 Å². The van der Waals surface area contributed by atoms with E-state index in [0.29, 0.717) is 5.75 Å². The Labute approximate surface area is 121 Å². The number of nitrogens with one attached hydrogen (secondary N) is 1. The summed E-state index contributed by atoms with van der Waals surface area (Å²) in [5.41, 5.74) is 12.6. The van der Waals surface area contributed by atoms with E-state index in [0.717, 1.165) is 11.3 Å². The van der Waals surface area contributed by atoms with Crippen LogP contribution >= 0.6 is 0 Å². The van der Waals surface area contributed by atoms with Crippen LogP contribution < -0.4 is 21.5 Å². The Balaban J connectivity index is 2.19. The molecule has 2 aromatic rings. The second-order valence-electron chi connectivity index (χ2n) is 4.63. The van der Waals surface area contributed by atoms with Gasteiger partial charge in [-0.1, -0.05) is 0 Å². The number of ether oxygens (including phenoxy) is 1. The Morgan fingerprint density at radius 2 is 2.24 bits per heavy atom. The first-order valence-electron chi connectivity index (χ1n) is 6.39.